The number of carboxylic acid groups (broad SMARTS) is 1. The number of hydrogen-bond donors (Lipinski definition) is 1. The van der Waals surface area contributed by atoms with Crippen LogP contribution in [0.1, 0.15) is 15.9 Å². The molecule has 0 saturated heterocycles. The summed E-state index contributed by atoms with van der Waals surface area (Å²) in [6, 6.07) is 4.00. The highest BCUT2D eigenvalue weighted by Crippen LogP contribution is 2.21. The van der Waals surface area contributed by atoms with Crippen molar-refractivity contribution in [1.29, 1.82) is 0 Å². The van der Waals surface area contributed by atoms with E-state index < -0.39 is 37.1 Å². The molecule has 1 rings (SSSR count). The lowest BCUT2D eigenvalue weighted by Gasteiger charge is -2.07. The van der Waals surface area contributed by atoms with Gasteiger partial charge in [-0.3, -0.25) is 0 Å². The molecule has 9 heteroatoms. The zero-order valence-electron chi connectivity index (χ0n) is 10.5. The molecule has 1 aromatic carbocycles. The highest BCUT2D eigenvalue weighted by atomic mass is 79.9. The maximum Gasteiger partial charge on any atom is 0.335 e. The van der Waals surface area contributed by atoms with Gasteiger partial charge in [0.2, 0.25) is 0 Å². The molecule has 0 aliphatic heterocycles. The van der Waals surface area contributed by atoms with E-state index in [-0.39, 0.29) is 11.3 Å². The summed E-state index contributed by atoms with van der Waals surface area (Å²) in [6.07, 6.45) is 0.972. The third-order valence-corrected chi connectivity index (χ3v) is 5.96. The van der Waals surface area contributed by atoms with Gasteiger partial charge >= 0.3 is 5.97 Å². The van der Waals surface area contributed by atoms with Crippen LogP contribution in [0.3, 0.4) is 0 Å². The Morgan fingerprint density at radius 3 is 2.25 bits per heavy atom. The number of halogens is 1. The Balaban J connectivity index is 2.90. The molecule has 0 saturated carbocycles. The zero-order valence-corrected chi connectivity index (χ0v) is 13.8. The summed E-state index contributed by atoms with van der Waals surface area (Å²) >= 11 is 3.11. The van der Waals surface area contributed by atoms with Gasteiger partial charge in [0.25, 0.3) is 0 Å². The van der Waals surface area contributed by atoms with Gasteiger partial charge in [0.05, 0.1) is 22.8 Å². The molecule has 0 radical (unpaired) electrons. The molecule has 0 aromatic heterocycles. The SMILES string of the molecule is CS(=O)(=O)CCS(=O)(=O)Cc1ccc(C(=O)O)cc1Br. The summed E-state index contributed by atoms with van der Waals surface area (Å²) in [5.41, 5.74) is 0.428. The maximum absolute atomic E-state index is 11.8. The number of aromatic carboxylic acids is 1. The number of hydrogen-bond acceptors (Lipinski definition) is 5. The average molecular weight is 385 g/mol. The van der Waals surface area contributed by atoms with E-state index in [1.165, 1.54) is 18.2 Å². The molecule has 0 spiro atoms. The van der Waals surface area contributed by atoms with Gasteiger partial charge in [-0.15, -0.1) is 0 Å². The molecule has 0 aliphatic carbocycles. The first kappa shape index (κ1) is 17.1. The van der Waals surface area contributed by atoms with E-state index in [2.05, 4.69) is 15.9 Å². The molecule has 6 nitrogen and oxygen atoms in total. The van der Waals surface area contributed by atoms with Crippen molar-refractivity contribution in [2.24, 2.45) is 0 Å². The minimum absolute atomic E-state index is 0.0363. The minimum Gasteiger partial charge on any atom is -0.478 e. The molecule has 0 atom stereocenters. The molecule has 112 valence electrons. The second-order valence-corrected chi connectivity index (χ2v) is 9.63. The van der Waals surface area contributed by atoms with E-state index >= 15 is 0 Å². The molecule has 0 aliphatic rings. The van der Waals surface area contributed by atoms with Crippen molar-refractivity contribution in [2.75, 3.05) is 17.8 Å². The molecule has 0 fully saturated rings. The molecule has 0 amide bonds. The fourth-order valence-corrected chi connectivity index (χ4v) is 5.19. The number of carbonyl (C=O) groups is 1. The molecule has 1 aromatic rings. The zero-order chi connectivity index (χ0) is 15.6. The second-order valence-electron chi connectivity index (χ2n) is 4.33. The van der Waals surface area contributed by atoms with Crippen LogP contribution < -0.4 is 0 Å². The molecule has 0 heterocycles. The molecule has 0 bridgehead atoms. The van der Waals surface area contributed by atoms with Crippen molar-refractivity contribution in [1.82, 2.24) is 0 Å². The summed E-state index contributed by atoms with van der Waals surface area (Å²) in [4.78, 5) is 10.8. The van der Waals surface area contributed by atoms with Gasteiger partial charge < -0.3 is 5.11 Å². The van der Waals surface area contributed by atoms with Crippen LogP contribution in [0.2, 0.25) is 0 Å². The minimum atomic E-state index is -3.58. The maximum atomic E-state index is 11.8. The Hall–Kier alpha value is -0.930. The van der Waals surface area contributed by atoms with Gasteiger partial charge in [-0.2, -0.15) is 0 Å². The first-order chi connectivity index (χ1) is 9.00. The van der Waals surface area contributed by atoms with Crippen molar-refractivity contribution >= 4 is 41.6 Å². The Morgan fingerprint density at radius 2 is 1.80 bits per heavy atom. The number of benzene rings is 1. The van der Waals surface area contributed by atoms with E-state index in [1.807, 2.05) is 0 Å². The van der Waals surface area contributed by atoms with Crippen LogP contribution in [0, 0.1) is 0 Å². The van der Waals surface area contributed by atoms with Crippen LogP contribution in [-0.4, -0.2) is 45.7 Å². The van der Waals surface area contributed by atoms with Gasteiger partial charge in [-0.25, -0.2) is 21.6 Å². The number of carboxylic acids is 1. The Bertz CT molecular complexity index is 721. The Kier molecular flexibility index (Phi) is 5.33. The van der Waals surface area contributed by atoms with Crippen molar-refractivity contribution in [3.63, 3.8) is 0 Å². The Morgan fingerprint density at radius 1 is 1.20 bits per heavy atom. The standard InChI is InChI=1S/C11H13BrO6S2/c1-19(15,16)4-5-20(17,18)7-9-3-2-8(11(13)14)6-10(9)12/h2-3,6H,4-5,7H2,1H3,(H,13,14). The summed E-state index contributed by atoms with van der Waals surface area (Å²) in [5.74, 6) is -2.35. The summed E-state index contributed by atoms with van der Waals surface area (Å²) < 4.78 is 45.9. The molecule has 0 unspecified atom stereocenters. The third kappa shape index (κ3) is 5.59. The topological polar surface area (TPSA) is 106 Å². The molecular formula is C11H13BrO6S2. The fraction of sp³-hybridized carbons (Fsp3) is 0.364. The first-order valence-corrected chi connectivity index (χ1v) is 10.1. The van der Waals surface area contributed by atoms with Crippen LogP contribution in [0.25, 0.3) is 0 Å². The van der Waals surface area contributed by atoms with Crippen molar-refractivity contribution in [3.8, 4) is 0 Å². The third-order valence-electron chi connectivity index (χ3n) is 2.44. The highest BCUT2D eigenvalue weighted by molar-refractivity contribution is 9.10. The van der Waals surface area contributed by atoms with Crippen LogP contribution >= 0.6 is 15.9 Å². The molecule has 1 N–H and O–H groups in total. The van der Waals surface area contributed by atoms with E-state index in [0.717, 1.165) is 6.26 Å². The van der Waals surface area contributed by atoms with E-state index in [9.17, 15) is 21.6 Å². The van der Waals surface area contributed by atoms with Gasteiger partial charge in [-0.1, -0.05) is 22.0 Å². The van der Waals surface area contributed by atoms with E-state index in [4.69, 9.17) is 5.11 Å². The largest absolute Gasteiger partial charge is 0.478 e. The Labute approximate surface area is 125 Å². The van der Waals surface area contributed by atoms with Crippen molar-refractivity contribution < 1.29 is 26.7 Å². The van der Waals surface area contributed by atoms with Gasteiger partial charge in [0.1, 0.15) is 9.84 Å². The van der Waals surface area contributed by atoms with Crippen molar-refractivity contribution in [3.05, 3.63) is 33.8 Å². The van der Waals surface area contributed by atoms with Gasteiger partial charge in [0.15, 0.2) is 9.84 Å². The predicted molar refractivity (Wildman–Crippen MR) is 78.3 cm³/mol. The van der Waals surface area contributed by atoms with E-state index in [1.54, 1.807) is 0 Å². The van der Waals surface area contributed by atoms with Crippen LogP contribution in [-0.2, 0) is 25.4 Å². The lowest BCUT2D eigenvalue weighted by Crippen LogP contribution is -2.18. The molecular weight excluding hydrogens is 372 g/mol. The molecule has 20 heavy (non-hydrogen) atoms. The lowest BCUT2D eigenvalue weighted by atomic mass is 10.1. The average Bonchev–Trinajstić information content (AvgIpc) is 2.28. The smallest absolute Gasteiger partial charge is 0.335 e. The predicted octanol–water partition coefficient (Wildman–Crippen LogP) is 1.11. The van der Waals surface area contributed by atoms with Gasteiger partial charge in [-0.05, 0) is 17.7 Å². The van der Waals surface area contributed by atoms with Crippen LogP contribution in [0.4, 0.5) is 0 Å². The summed E-state index contributed by atoms with van der Waals surface area (Å²) in [5, 5.41) is 8.80. The lowest BCUT2D eigenvalue weighted by molar-refractivity contribution is 0.0696. The monoisotopic (exact) mass is 384 g/mol. The van der Waals surface area contributed by atoms with Crippen LogP contribution in [0.5, 0.6) is 0 Å². The fourth-order valence-electron chi connectivity index (χ4n) is 1.38. The first-order valence-electron chi connectivity index (χ1n) is 5.40. The normalized spacial score (nSPS) is 12.3. The summed E-state index contributed by atoms with van der Waals surface area (Å²) in [6.45, 7) is 0. The van der Waals surface area contributed by atoms with E-state index in [0.29, 0.717) is 10.0 Å². The highest BCUT2D eigenvalue weighted by Gasteiger charge is 2.17. The van der Waals surface area contributed by atoms with Gasteiger partial charge in [0, 0.05) is 10.7 Å². The number of sulfone groups is 2. The van der Waals surface area contributed by atoms with Crippen molar-refractivity contribution in [2.45, 2.75) is 5.75 Å². The van der Waals surface area contributed by atoms with Crippen LogP contribution in [0.15, 0.2) is 22.7 Å². The second kappa shape index (κ2) is 6.23. The quantitative estimate of drug-likeness (QED) is 0.786. The number of rotatable bonds is 6. The summed E-state index contributed by atoms with van der Waals surface area (Å²) in [7, 11) is -6.93.